The van der Waals surface area contributed by atoms with Gasteiger partial charge < -0.3 is 9.47 Å². The fourth-order valence-corrected chi connectivity index (χ4v) is 2.76. The topological polar surface area (TPSA) is 64.4 Å². The van der Waals surface area contributed by atoms with E-state index in [1.165, 1.54) is 5.56 Å². The minimum Gasteiger partial charge on any atom is -0.493 e. The highest BCUT2D eigenvalue weighted by Gasteiger charge is 2.12. The number of aryl methyl sites for hydroxylation is 2. The summed E-state index contributed by atoms with van der Waals surface area (Å²) in [4.78, 5) is 0. The van der Waals surface area contributed by atoms with Gasteiger partial charge in [0.25, 0.3) is 0 Å². The van der Waals surface area contributed by atoms with Crippen molar-refractivity contribution in [1.29, 1.82) is 0 Å². The van der Waals surface area contributed by atoms with E-state index in [0.29, 0.717) is 22.1 Å². The third-order valence-electron chi connectivity index (χ3n) is 4.04. The van der Waals surface area contributed by atoms with Crippen LogP contribution in [0.4, 0.5) is 0 Å². The van der Waals surface area contributed by atoms with Crippen LogP contribution in [0.15, 0.2) is 41.5 Å². The van der Waals surface area contributed by atoms with E-state index in [2.05, 4.69) is 40.4 Å². The fraction of sp³-hybridized carbons (Fsp3) is 0.211. The number of hydrogen-bond donors (Lipinski definition) is 1. The number of aromatic nitrogens is 3. The normalized spacial score (nSPS) is 11.1. The van der Waals surface area contributed by atoms with Crippen molar-refractivity contribution in [3.8, 4) is 22.9 Å². The number of rotatable bonds is 5. The van der Waals surface area contributed by atoms with E-state index < -0.39 is 0 Å². The largest absolute Gasteiger partial charge is 0.493 e. The Kier molecular flexibility index (Phi) is 5.18. The van der Waals surface area contributed by atoms with Gasteiger partial charge in [0.2, 0.25) is 4.77 Å². The van der Waals surface area contributed by atoms with Crippen molar-refractivity contribution in [3.05, 3.63) is 57.9 Å². The molecule has 0 saturated carbocycles. The first kappa shape index (κ1) is 17.9. The number of H-pyrrole nitrogens is 1. The first-order chi connectivity index (χ1) is 12.5. The van der Waals surface area contributed by atoms with Crippen LogP contribution in [0, 0.1) is 18.6 Å². The standard InChI is InChI=1S/C19H20N4O2S/c1-12-5-6-13(2)15(9-12)11-20-23-18(21-22-19(23)26)14-7-8-16(24-3)17(10-14)25-4/h5-11H,1-4H3,(H,22,26)/b20-11-. The molecule has 0 radical (unpaired) electrons. The number of nitrogens with one attached hydrogen (secondary N) is 1. The summed E-state index contributed by atoms with van der Waals surface area (Å²) in [6.45, 7) is 4.10. The molecule has 0 aliphatic heterocycles. The summed E-state index contributed by atoms with van der Waals surface area (Å²) >= 11 is 5.33. The van der Waals surface area contributed by atoms with Gasteiger partial charge in [-0.05, 0) is 55.4 Å². The highest BCUT2D eigenvalue weighted by atomic mass is 32.1. The van der Waals surface area contributed by atoms with Crippen LogP contribution >= 0.6 is 12.2 Å². The number of aromatic amines is 1. The molecular formula is C19H20N4O2S. The lowest BCUT2D eigenvalue weighted by atomic mass is 10.1. The second-order valence-electron chi connectivity index (χ2n) is 5.84. The molecule has 3 aromatic rings. The van der Waals surface area contributed by atoms with Crippen molar-refractivity contribution in [2.24, 2.45) is 5.10 Å². The van der Waals surface area contributed by atoms with Crippen LogP contribution in [0.1, 0.15) is 16.7 Å². The zero-order valence-electron chi connectivity index (χ0n) is 15.1. The molecule has 2 aromatic carbocycles. The molecule has 0 atom stereocenters. The minimum absolute atomic E-state index is 0.413. The molecule has 0 aliphatic carbocycles. The first-order valence-corrected chi connectivity index (χ1v) is 8.45. The van der Waals surface area contributed by atoms with Crippen LogP contribution in [-0.2, 0) is 0 Å². The van der Waals surface area contributed by atoms with E-state index in [1.807, 2.05) is 25.1 Å². The van der Waals surface area contributed by atoms with Crippen LogP contribution in [0.5, 0.6) is 11.5 Å². The molecule has 1 aromatic heterocycles. The summed E-state index contributed by atoms with van der Waals surface area (Å²) in [5.74, 6) is 1.86. The van der Waals surface area contributed by atoms with Gasteiger partial charge in [-0.1, -0.05) is 23.8 Å². The summed E-state index contributed by atoms with van der Waals surface area (Å²) in [6.07, 6.45) is 1.79. The average Bonchev–Trinajstić information content (AvgIpc) is 3.02. The van der Waals surface area contributed by atoms with Crippen molar-refractivity contribution in [1.82, 2.24) is 14.9 Å². The molecule has 0 bridgehead atoms. The van der Waals surface area contributed by atoms with Gasteiger partial charge >= 0.3 is 0 Å². The van der Waals surface area contributed by atoms with E-state index >= 15 is 0 Å². The van der Waals surface area contributed by atoms with Crippen molar-refractivity contribution >= 4 is 18.4 Å². The monoisotopic (exact) mass is 368 g/mol. The Morgan fingerprint density at radius 3 is 2.58 bits per heavy atom. The lowest BCUT2D eigenvalue weighted by molar-refractivity contribution is 0.355. The Balaban J connectivity index is 2.04. The third kappa shape index (κ3) is 3.52. The zero-order valence-corrected chi connectivity index (χ0v) is 15.9. The van der Waals surface area contributed by atoms with Crippen molar-refractivity contribution in [2.45, 2.75) is 13.8 Å². The number of nitrogens with zero attached hydrogens (tertiary/aromatic N) is 3. The third-order valence-corrected chi connectivity index (χ3v) is 4.30. The van der Waals surface area contributed by atoms with E-state index in [-0.39, 0.29) is 0 Å². The minimum atomic E-state index is 0.413. The Bertz CT molecular complexity index is 1020. The second kappa shape index (κ2) is 7.53. The summed E-state index contributed by atoms with van der Waals surface area (Å²) in [7, 11) is 3.19. The van der Waals surface area contributed by atoms with E-state index in [0.717, 1.165) is 16.7 Å². The predicted molar refractivity (Wildman–Crippen MR) is 105 cm³/mol. The van der Waals surface area contributed by atoms with Crippen molar-refractivity contribution in [3.63, 3.8) is 0 Å². The quantitative estimate of drug-likeness (QED) is 0.543. The summed E-state index contributed by atoms with van der Waals surface area (Å²) in [6, 6.07) is 11.8. The van der Waals surface area contributed by atoms with Gasteiger partial charge in [0.1, 0.15) is 0 Å². The number of ether oxygens (including phenoxy) is 2. The Hall–Kier alpha value is -2.93. The van der Waals surface area contributed by atoms with Gasteiger partial charge in [-0.25, -0.2) is 5.10 Å². The van der Waals surface area contributed by atoms with Gasteiger partial charge in [-0.2, -0.15) is 14.9 Å². The Labute approximate surface area is 157 Å². The SMILES string of the molecule is COc1ccc(-c2n[nH]c(=S)n2/N=C\c2cc(C)ccc2C)cc1OC. The van der Waals surface area contributed by atoms with Crippen LogP contribution in [0.25, 0.3) is 11.4 Å². The van der Waals surface area contributed by atoms with Crippen LogP contribution in [0.2, 0.25) is 0 Å². The fourth-order valence-electron chi connectivity index (χ4n) is 2.58. The van der Waals surface area contributed by atoms with Gasteiger partial charge in [-0.3, -0.25) is 0 Å². The summed E-state index contributed by atoms with van der Waals surface area (Å²) in [5, 5.41) is 11.6. The average molecular weight is 368 g/mol. The Morgan fingerprint density at radius 1 is 1.08 bits per heavy atom. The maximum Gasteiger partial charge on any atom is 0.216 e. The Morgan fingerprint density at radius 2 is 1.85 bits per heavy atom. The second-order valence-corrected chi connectivity index (χ2v) is 6.23. The molecule has 1 heterocycles. The van der Waals surface area contributed by atoms with E-state index in [9.17, 15) is 0 Å². The van der Waals surface area contributed by atoms with Crippen LogP contribution in [-0.4, -0.2) is 35.3 Å². The summed E-state index contributed by atoms with van der Waals surface area (Å²) in [5.41, 5.74) is 4.16. The molecule has 6 nitrogen and oxygen atoms in total. The molecule has 0 aliphatic rings. The molecule has 7 heteroatoms. The lowest BCUT2D eigenvalue weighted by Crippen LogP contribution is -1.97. The molecule has 0 unspecified atom stereocenters. The molecule has 134 valence electrons. The van der Waals surface area contributed by atoms with Gasteiger partial charge in [-0.15, -0.1) is 0 Å². The van der Waals surface area contributed by atoms with Crippen LogP contribution in [0.3, 0.4) is 0 Å². The number of methoxy groups -OCH3 is 2. The summed E-state index contributed by atoms with van der Waals surface area (Å²) < 4.78 is 12.7. The number of benzene rings is 2. The molecule has 0 spiro atoms. The van der Waals surface area contributed by atoms with Gasteiger partial charge in [0.05, 0.1) is 20.4 Å². The zero-order chi connectivity index (χ0) is 18.7. The maximum absolute atomic E-state index is 5.37. The molecule has 0 amide bonds. The highest BCUT2D eigenvalue weighted by molar-refractivity contribution is 7.71. The number of hydrogen-bond acceptors (Lipinski definition) is 5. The lowest BCUT2D eigenvalue weighted by Gasteiger charge is -2.09. The smallest absolute Gasteiger partial charge is 0.216 e. The maximum atomic E-state index is 5.37. The molecule has 26 heavy (non-hydrogen) atoms. The highest BCUT2D eigenvalue weighted by Crippen LogP contribution is 2.31. The van der Waals surface area contributed by atoms with Gasteiger partial charge in [0, 0.05) is 5.56 Å². The van der Waals surface area contributed by atoms with Crippen LogP contribution < -0.4 is 9.47 Å². The molecular weight excluding hydrogens is 348 g/mol. The van der Waals surface area contributed by atoms with Crippen molar-refractivity contribution in [2.75, 3.05) is 14.2 Å². The molecule has 3 rings (SSSR count). The molecule has 1 N–H and O–H groups in total. The first-order valence-electron chi connectivity index (χ1n) is 8.05. The molecule has 0 saturated heterocycles. The van der Waals surface area contributed by atoms with Crippen molar-refractivity contribution < 1.29 is 9.47 Å². The van der Waals surface area contributed by atoms with E-state index in [4.69, 9.17) is 21.7 Å². The van der Waals surface area contributed by atoms with Gasteiger partial charge in [0.15, 0.2) is 17.3 Å². The molecule has 0 fully saturated rings. The predicted octanol–water partition coefficient (Wildman–Crippen LogP) is 4.12. The van der Waals surface area contributed by atoms with E-state index in [1.54, 1.807) is 25.1 Å².